The van der Waals surface area contributed by atoms with Crippen molar-refractivity contribution in [2.45, 2.75) is 71.4 Å². The third-order valence-electron chi connectivity index (χ3n) is 6.80. The lowest BCUT2D eigenvalue weighted by Gasteiger charge is -2.28. The van der Waals surface area contributed by atoms with Crippen molar-refractivity contribution in [1.82, 2.24) is 15.5 Å². The van der Waals surface area contributed by atoms with E-state index in [0.717, 1.165) is 18.4 Å². The summed E-state index contributed by atoms with van der Waals surface area (Å²) in [6.07, 6.45) is 4.44. The van der Waals surface area contributed by atoms with Crippen LogP contribution in [0.3, 0.4) is 0 Å². The summed E-state index contributed by atoms with van der Waals surface area (Å²) in [7, 11) is 3.30. The second-order valence-electron chi connectivity index (χ2n) is 10.2. The fraction of sp³-hybridized carbons (Fsp3) is 0.679. The Labute approximate surface area is 226 Å². The Hall–Kier alpha value is -2.69. The largest absolute Gasteiger partial charge is 0.493 e. The molecule has 1 aromatic carbocycles. The number of carbonyl (C=O) groups is 1. The van der Waals surface area contributed by atoms with Gasteiger partial charge in [0.1, 0.15) is 0 Å². The maximum atomic E-state index is 12.5. The zero-order valence-electron chi connectivity index (χ0n) is 23.5. The van der Waals surface area contributed by atoms with E-state index in [1.165, 1.54) is 6.33 Å². The predicted molar refractivity (Wildman–Crippen MR) is 145 cm³/mol. The lowest BCUT2D eigenvalue weighted by Crippen LogP contribution is -2.41. The van der Waals surface area contributed by atoms with Crippen LogP contribution >= 0.6 is 0 Å². The predicted octanol–water partition coefficient (Wildman–Crippen LogP) is 3.16. The van der Waals surface area contributed by atoms with Gasteiger partial charge in [-0.05, 0) is 55.2 Å². The van der Waals surface area contributed by atoms with Crippen molar-refractivity contribution in [3.8, 4) is 11.5 Å². The van der Waals surface area contributed by atoms with Crippen molar-refractivity contribution < 1.29 is 28.6 Å². The van der Waals surface area contributed by atoms with Gasteiger partial charge in [-0.2, -0.15) is 4.98 Å². The van der Waals surface area contributed by atoms with Crippen LogP contribution in [0.15, 0.2) is 29.0 Å². The first kappa shape index (κ1) is 31.5. The summed E-state index contributed by atoms with van der Waals surface area (Å²) in [5, 5.41) is 17.3. The lowest BCUT2D eigenvalue weighted by atomic mass is 9.82. The number of benzene rings is 1. The van der Waals surface area contributed by atoms with Crippen LogP contribution in [0.4, 0.5) is 0 Å². The molecule has 214 valence electrons. The van der Waals surface area contributed by atoms with E-state index in [-0.39, 0.29) is 17.7 Å². The molecule has 1 heterocycles. The van der Waals surface area contributed by atoms with Gasteiger partial charge in [0.25, 0.3) is 0 Å². The highest BCUT2D eigenvalue weighted by atomic mass is 16.5. The number of aliphatic hydroxyl groups is 1. The first-order valence-corrected chi connectivity index (χ1v) is 13.5. The molecule has 0 saturated heterocycles. The standard InChI is InChI=1S/C28H46N4O6/c1-19(2)22(15-21-9-10-25(36-5)26(16-21)37-13-7-12-35-4)17-23(29)24(33)14-20(3)28(34)30-11-6-8-27-31-18-32-38-27/h9-10,16,18-20,22-24,33H,6-8,11-15,17,29H2,1-5H3,(H,30,34)/t20-,22+,23+,24+/m1/s1. The third kappa shape index (κ3) is 11.0. The minimum atomic E-state index is -0.772. The summed E-state index contributed by atoms with van der Waals surface area (Å²) in [5.74, 6) is 2.12. The number of amides is 1. The van der Waals surface area contributed by atoms with Crippen LogP contribution in [0, 0.1) is 17.8 Å². The van der Waals surface area contributed by atoms with Crippen LogP contribution in [0.2, 0.25) is 0 Å². The number of aryl methyl sites for hydroxylation is 1. The Balaban J connectivity index is 1.85. The molecule has 0 fully saturated rings. The van der Waals surface area contributed by atoms with E-state index in [0.29, 0.717) is 68.7 Å². The van der Waals surface area contributed by atoms with Crippen molar-refractivity contribution in [3.63, 3.8) is 0 Å². The summed E-state index contributed by atoms with van der Waals surface area (Å²) >= 11 is 0. The van der Waals surface area contributed by atoms with E-state index in [1.807, 2.05) is 25.1 Å². The SMILES string of the molecule is COCCCOc1cc(C[C@@H](C[C@H](N)[C@@H](O)C[C@@H](C)C(=O)NCCCc2ncno2)C(C)C)ccc1OC. The Morgan fingerprint density at radius 2 is 1.92 bits per heavy atom. The second-order valence-corrected chi connectivity index (χ2v) is 10.2. The number of carbonyl (C=O) groups excluding carboxylic acids is 1. The number of methoxy groups -OCH3 is 2. The molecule has 0 aliphatic rings. The topological polar surface area (TPSA) is 142 Å². The number of nitrogens with zero attached hydrogens (tertiary/aromatic N) is 2. The zero-order valence-corrected chi connectivity index (χ0v) is 23.5. The normalized spacial score (nSPS) is 14.6. The Bertz CT molecular complexity index is 924. The van der Waals surface area contributed by atoms with Gasteiger partial charge in [0.05, 0.1) is 19.8 Å². The van der Waals surface area contributed by atoms with Crippen LogP contribution < -0.4 is 20.5 Å². The Morgan fingerprint density at radius 1 is 1.13 bits per heavy atom. The van der Waals surface area contributed by atoms with E-state index >= 15 is 0 Å². The van der Waals surface area contributed by atoms with Crippen molar-refractivity contribution in [1.29, 1.82) is 0 Å². The lowest BCUT2D eigenvalue weighted by molar-refractivity contribution is -0.125. The Kier molecular flexibility index (Phi) is 14.1. The van der Waals surface area contributed by atoms with Gasteiger partial charge in [-0.25, -0.2) is 0 Å². The Morgan fingerprint density at radius 3 is 2.58 bits per heavy atom. The zero-order chi connectivity index (χ0) is 27.9. The maximum absolute atomic E-state index is 12.5. The summed E-state index contributed by atoms with van der Waals surface area (Å²) in [6, 6.07) is 5.56. The average Bonchev–Trinajstić information content (AvgIpc) is 3.42. The molecule has 0 bridgehead atoms. The van der Waals surface area contributed by atoms with Gasteiger partial charge >= 0.3 is 0 Å². The summed E-state index contributed by atoms with van der Waals surface area (Å²) in [6.45, 7) is 7.83. The minimum Gasteiger partial charge on any atom is -0.493 e. The quantitative estimate of drug-likeness (QED) is 0.232. The monoisotopic (exact) mass is 534 g/mol. The highest BCUT2D eigenvalue weighted by Crippen LogP contribution is 2.31. The molecule has 10 nitrogen and oxygen atoms in total. The molecule has 2 aromatic rings. The molecular formula is C28H46N4O6. The highest BCUT2D eigenvalue weighted by Gasteiger charge is 2.26. The van der Waals surface area contributed by atoms with E-state index in [2.05, 4.69) is 29.3 Å². The smallest absolute Gasteiger partial charge is 0.226 e. The number of rotatable bonds is 19. The molecule has 38 heavy (non-hydrogen) atoms. The van der Waals surface area contributed by atoms with Crippen LogP contribution in [0.1, 0.15) is 57.9 Å². The van der Waals surface area contributed by atoms with Gasteiger partial charge in [-0.3, -0.25) is 4.79 Å². The van der Waals surface area contributed by atoms with Gasteiger partial charge in [0, 0.05) is 45.1 Å². The summed E-state index contributed by atoms with van der Waals surface area (Å²) in [5.41, 5.74) is 7.57. The van der Waals surface area contributed by atoms with Gasteiger partial charge in [-0.15, -0.1) is 0 Å². The van der Waals surface area contributed by atoms with Crippen molar-refractivity contribution in [3.05, 3.63) is 36.0 Å². The molecule has 4 N–H and O–H groups in total. The molecule has 0 radical (unpaired) electrons. The van der Waals surface area contributed by atoms with E-state index in [9.17, 15) is 9.90 Å². The number of aromatic nitrogens is 2. The first-order chi connectivity index (χ1) is 18.2. The molecule has 1 amide bonds. The van der Waals surface area contributed by atoms with E-state index < -0.39 is 12.1 Å². The van der Waals surface area contributed by atoms with E-state index in [4.69, 9.17) is 24.5 Å². The second kappa shape index (κ2) is 17.0. The maximum Gasteiger partial charge on any atom is 0.226 e. The fourth-order valence-electron chi connectivity index (χ4n) is 4.32. The summed E-state index contributed by atoms with van der Waals surface area (Å²) in [4.78, 5) is 16.5. The van der Waals surface area contributed by atoms with E-state index in [1.54, 1.807) is 14.2 Å². The number of nitrogens with one attached hydrogen (secondary N) is 1. The van der Waals surface area contributed by atoms with Gasteiger partial charge in [0.2, 0.25) is 11.8 Å². The number of hydrogen-bond acceptors (Lipinski definition) is 9. The van der Waals surface area contributed by atoms with Crippen molar-refractivity contribution >= 4 is 5.91 Å². The molecule has 1 aromatic heterocycles. The molecule has 0 saturated carbocycles. The average molecular weight is 535 g/mol. The molecule has 0 spiro atoms. The van der Waals surface area contributed by atoms with Gasteiger partial charge in [-0.1, -0.05) is 32.0 Å². The number of hydrogen-bond donors (Lipinski definition) is 3. The van der Waals surface area contributed by atoms with Crippen LogP contribution in [-0.2, 0) is 22.4 Å². The molecule has 0 aliphatic heterocycles. The number of ether oxygens (including phenoxy) is 3. The molecule has 10 heteroatoms. The van der Waals surface area contributed by atoms with Crippen molar-refractivity contribution in [2.75, 3.05) is 34.0 Å². The fourth-order valence-corrected chi connectivity index (χ4v) is 4.32. The number of aliphatic hydroxyl groups excluding tert-OH is 1. The molecular weight excluding hydrogens is 488 g/mol. The van der Waals surface area contributed by atoms with Crippen LogP contribution in [-0.4, -0.2) is 67.3 Å². The summed E-state index contributed by atoms with van der Waals surface area (Å²) < 4.78 is 21.4. The third-order valence-corrected chi connectivity index (χ3v) is 6.80. The van der Waals surface area contributed by atoms with Crippen LogP contribution in [0.25, 0.3) is 0 Å². The minimum absolute atomic E-state index is 0.0987. The van der Waals surface area contributed by atoms with Crippen LogP contribution in [0.5, 0.6) is 11.5 Å². The molecule has 4 atom stereocenters. The number of nitrogens with two attached hydrogens (primary N) is 1. The molecule has 0 aliphatic carbocycles. The molecule has 2 rings (SSSR count). The highest BCUT2D eigenvalue weighted by molar-refractivity contribution is 5.78. The molecule has 0 unspecified atom stereocenters. The van der Waals surface area contributed by atoms with Gasteiger partial charge in [0.15, 0.2) is 17.8 Å². The van der Waals surface area contributed by atoms with Crippen molar-refractivity contribution in [2.24, 2.45) is 23.5 Å². The van der Waals surface area contributed by atoms with Gasteiger partial charge < -0.3 is 34.9 Å². The first-order valence-electron chi connectivity index (χ1n) is 13.5.